The number of carbonyl (C=O) groups is 1. The highest BCUT2D eigenvalue weighted by Crippen LogP contribution is 2.28. The molecule has 1 saturated heterocycles. The van der Waals surface area contributed by atoms with Crippen molar-refractivity contribution < 1.29 is 4.79 Å². The number of thioether (sulfide) groups is 1. The van der Waals surface area contributed by atoms with Crippen LogP contribution in [0, 0.1) is 5.92 Å². The fraction of sp³-hybridized carbons (Fsp3) is 0.381. The summed E-state index contributed by atoms with van der Waals surface area (Å²) in [5, 5.41) is 5.21. The lowest BCUT2D eigenvalue weighted by molar-refractivity contribution is -0.126. The lowest BCUT2D eigenvalue weighted by atomic mass is 9.95. The molecule has 3 rings (SSSR count). The van der Waals surface area contributed by atoms with Crippen LogP contribution in [0.1, 0.15) is 18.4 Å². The number of nitrogens with one attached hydrogen (secondary N) is 1. The molecule has 2 aromatic rings. The molecule has 7 heteroatoms. The van der Waals surface area contributed by atoms with Gasteiger partial charge in [0, 0.05) is 50.3 Å². The molecule has 0 aromatic heterocycles. The van der Waals surface area contributed by atoms with Crippen LogP contribution >= 0.6 is 46.6 Å². The standard InChI is InChI=1S/C21H23Cl3N2OS/c22-16-4-6-17(7-5-16)28-13-10-25-21(27)15-8-11-26(12-9-15)14-18-19(23)2-1-3-20(18)24/h1-7,15H,8-14H2,(H,25,27). The van der Waals surface area contributed by atoms with Gasteiger partial charge in [0.1, 0.15) is 0 Å². The van der Waals surface area contributed by atoms with Crippen molar-refractivity contribution in [1.29, 1.82) is 0 Å². The Bertz CT molecular complexity index is 772. The summed E-state index contributed by atoms with van der Waals surface area (Å²) in [7, 11) is 0. The number of rotatable bonds is 7. The largest absolute Gasteiger partial charge is 0.355 e. The minimum atomic E-state index is 0.0819. The highest BCUT2D eigenvalue weighted by atomic mass is 35.5. The Morgan fingerprint density at radius 2 is 1.68 bits per heavy atom. The van der Waals surface area contributed by atoms with E-state index in [1.165, 1.54) is 0 Å². The van der Waals surface area contributed by atoms with Crippen molar-refractivity contribution in [3.63, 3.8) is 0 Å². The van der Waals surface area contributed by atoms with E-state index in [2.05, 4.69) is 10.2 Å². The van der Waals surface area contributed by atoms with Gasteiger partial charge in [-0.25, -0.2) is 0 Å². The molecule has 28 heavy (non-hydrogen) atoms. The van der Waals surface area contributed by atoms with Crippen LogP contribution in [0.4, 0.5) is 0 Å². The Kier molecular flexibility index (Phi) is 8.36. The Balaban J connectivity index is 1.37. The molecule has 1 aliphatic rings. The van der Waals surface area contributed by atoms with Crippen molar-refractivity contribution in [3.8, 4) is 0 Å². The van der Waals surface area contributed by atoms with E-state index in [0.717, 1.165) is 53.7 Å². The molecule has 0 atom stereocenters. The number of nitrogens with zero attached hydrogens (tertiary/aromatic N) is 1. The van der Waals surface area contributed by atoms with E-state index in [1.54, 1.807) is 11.8 Å². The highest BCUT2D eigenvalue weighted by molar-refractivity contribution is 7.99. The van der Waals surface area contributed by atoms with Crippen molar-refractivity contribution in [1.82, 2.24) is 10.2 Å². The first-order valence-corrected chi connectivity index (χ1v) is 11.5. The summed E-state index contributed by atoms with van der Waals surface area (Å²) in [6, 6.07) is 13.3. The summed E-state index contributed by atoms with van der Waals surface area (Å²) in [6.07, 6.45) is 1.72. The summed E-state index contributed by atoms with van der Waals surface area (Å²) in [5.41, 5.74) is 0.966. The quantitative estimate of drug-likeness (QED) is 0.423. The number of carbonyl (C=O) groups excluding carboxylic acids is 1. The minimum Gasteiger partial charge on any atom is -0.355 e. The van der Waals surface area contributed by atoms with Crippen molar-refractivity contribution in [2.24, 2.45) is 5.92 Å². The normalized spacial score (nSPS) is 15.5. The lowest BCUT2D eigenvalue weighted by Crippen LogP contribution is -2.40. The van der Waals surface area contributed by atoms with Crippen LogP contribution in [0.15, 0.2) is 47.4 Å². The zero-order valence-electron chi connectivity index (χ0n) is 15.5. The number of piperidine rings is 1. The third-order valence-electron chi connectivity index (χ3n) is 4.89. The third-order valence-corrected chi connectivity index (χ3v) is 6.86. The Morgan fingerprint density at radius 3 is 2.32 bits per heavy atom. The molecule has 0 unspecified atom stereocenters. The summed E-state index contributed by atoms with van der Waals surface area (Å²) >= 11 is 20.1. The summed E-state index contributed by atoms with van der Waals surface area (Å²) < 4.78 is 0. The average molecular weight is 458 g/mol. The first kappa shape index (κ1) is 21.8. The van der Waals surface area contributed by atoms with Crippen LogP contribution in [0.25, 0.3) is 0 Å². The van der Waals surface area contributed by atoms with E-state index in [0.29, 0.717) is 16.6 Å². The molecule has 0 aliphatic carbocycles. The molecule has 0 spiro atoms. The summed E-state index contributed by atoms with van der Waals surface area (Å²) in [6.45, 7) is 3.14. The highest BCUT2D eigenvalue weighted by Gasteiger charge is 2.25. The number of likely N-dealkylation sites (tertiary alicyclic amines) is 1. The van der Waals surface area contributed by atoms with Gasteiger partial charge in [0.2, 0.25) is 5.91 Å². The monoisotopic (exact) mass is 456 g/mol. The SMILES string of the molecule is O=C(NCCSc1ccc(Cl)cc1)C1CCN(Cc2c(Cl)cccc2Cl)CC1. The lowest BCUT2D eigenvalue weighted by Gasteiger charge is -2.31. The Hall–Kier alpha value is -0.910. The van der Waals surface area contributed by atoms with E-state index < -0.39 is 0 Å². The average Bonchev–Trinajstić information content (AvgIpc) is 2.70. The van der Waals surface area contributed by atoms with Crippen LogP contribution in [-0.4, -0.2) is 36.2 Å². The number of hydrogen-bond acceptors (Lipinski definition) is 3. The molecule has 1 fully saturated rings. The maximum atomic E-state index is 12.4. The van der Waals surface area contributed by atoms with Crippen LogP contribution in [0.3, 0.4) is 0 Å². The van der Waals surface area contributed by atoms with Crippen molar-refractivity contribution in [2.75, 3.05) is 25.4 Å². The van der Waals surface area contributed by atoms with E-state index in [9.17, 15) is 4.79 Å². The van der Waals surface area contributed by atoms with Gasteiger partial charge in [0.05, 0.1) is 0 Å². The van der Waals surface area contributed by atoms with Crippen LogP contribution < -0.4 is 5.32 Å². The zero-order chi connectivity index (χ0) is 19.9. The zero-order valence-corrected chi connectivity index (χ0v) is 18.6. The number of hydrogen-bond donors (Lipinski definition) is 1. The van der Waals surface area contributed by atoms with Gasteiger partial charge in [-0.2, -0.15) is 0 Å². The molecule has 0 radical (unpaired) electrons. The molecule has 0 bridgehead atoms. The predicted molar refractivity (Wildman–Crippen MR) is 120 cm³/mol. The van der Waals surface area contributed by atoms with Gasteiger partial charge in [-0.3, -0.25) is 9.69 Å². The van der Waals surface area contributed by atoms with Gasteiger partial charge >= 0.3 is 0 Å². The molecular formula is C21H23Cl3N2OS. The molecular weight excluding hydrogens is 435 g/mol. The number of benzene rings is 2. The maximum Gasteiger partial charge on any atom is 0.223 e. The van der Waals surface area contributed by atoms with E-state index in [1.807, 2.05) is 42.5 Å². The smallest absolute Gasteiger partial charge is 0.223 e. The fourth-order valence-corrected chi connectivity index (χ4v) is 4.69. The van der Waals surface area contributed by atoms with Gasteiger partial charge in [-0.15, -0.1) is 11.8 Å². The first-order chi connectivity index (χ1) is 13.5. The van der Waals surface area contributed by atoms with Crippen LogP contribution in [0.5, 0.6) is 0 Å². The second-order valence-corrected chi connectivity index (χ2v) is 9.26. The fourth-order valence-electron chi connectivity index (χ4n) is 3.28. The van der Waals surface area contributed by atoms with Crippen LogP contribution in [0.2, 0.25) is 15.1 Å². The molecule has 1 N–H and O–H groups in total. The molecule has 2 aromatic carbocycles. The van der Waals surface area contributed by atoms with Crippen LogP contribution in [-0.2, 0) is 11.3 Å². The second kappa shape index (κ2) is 10.7. The molecule has 3 nitrogen and oxygen atoms in total. The summed E-state index contributed by atoms with van der Waals surface area (Å²) in [5.74, 6) is 1.09. The molecule has 1 aliphatic heterocycles. The first-order valence-electron chi connectivity index (χ1n) is 9.34. The van der Waals surface area contributed by atoms with Crippen molar-refractivity contribution in [3.05, 3.63) is 63.1 Å². The predicted octanol–water partition coefficient (Wildman–Crippen LogP) is 5.77. The Morgan fingerprint density at radius 1 is 1.04 bits per heavy atom. The molecule has 1 amide bonds. The van der Waals surface area contributed by atoms with Gasteiger partial charge < -0.3 is 5.32 Å². The topological polar surface area (TPSA) is 32.3 Å². The van der Waals surface area contributed by atoms with Gasteiger partial charge in [-0.05, 0) is 62.3 Å². The maximum absolute atomic E-state index is 12.4. The van der Waals surface area contributed by atoms with Crippen molar-refractivity contribution >= 4 is 52.5 Å². The van der Waals surface area contributed by atoms with E-state index in [4.69, 9.17) is 34.8 Å². The second-order valence-electron chi connectivity index (χ2n) is 6.84. The molecule has 1 heterocycles. The van der Waals surface area contributed by atoms with E-state index >= 15 is 0 Å². The van der Waals surface area contributed by atoms with Gasteiger partial charge in [0.25, 0.3) is 0 Å². The number of amides is 1. The van der Waals surface area contributed by atoms with Gasteiger partial charge in [0.15, 0.2) is 0 Å². The minimum absolute atomic E-state index is 0.0819. The Labute approximate surface area is 185 Å². The third kappa shape index (κ3) is 6.30. The molecule has 0 saturated carbocycles. The van der Waals surface area contributed by atoms with E-state index in [-0.39, 0.29) is 11.8 Å². The number of halogens is 3. The summed E-state index contributed by atoms with van der Waals surface area (Å²) in [4.78, 5) is 15.9. The van der Waals surface area contributed by atoms with Crippen molar-refractivity contribution in [2.45, 2.75) is 24.3 Å². The van der Waals surface area contributed by atoms with Gasteiger partial charge in [-0.1, -0.05) is 40.9 Å². The molecule has 150 valence electrons.